The van der Waals surface area contributed by atoms with Crippen molar-refractivity contribution in [1.29, 1.82) is 0 Å². The largest absolute Gasteiger partial charge is 0.278 e. The summed E-state index contributed by atoms with van der Waals surface area (Å²) in [5.41, 5.74) is 7.58. The summed E-state index contributed by atoms with van der Waals surface area (Å²) in [6, 6.07) is 8.54. The molecule has 0 aliphatic heterocycles. The number of hydrogen-bond donors (Lipinski definition) is 2. The molecule has 1 amide bonds. The third-order valence-corrected chi connectivity index (χ3v) is 4.48. The Morgan fingerprint density at radius 3 is 2.58 bits per heavy atom. The molecule has 26 heavy (non-hydrogen) atoms. The minimum atomic E-state index is -0.333. The first-order chi connectivity index (χ1) is 12.5. The molecule has 140 valence electrons. The number of nitrogens with one attached hydrogen (secondary N) is 2. The van der Waals surface area contributed by atoms with Crippen LogP contribution in [0.25, 0.3) is 11.3 Å². The number of carbonyl (C=O) groups excluding carboxylic acids is 1. The van der Waals surface area contributed by atoms with Crippen molar-refractivity contribution in [3.05, 3.63) is 41.6 Å². The predicted molar refractivity (Wildman–Crippen MR) is 107 cm³/mol. The second-order valence-electron chi connectivity index (χ2n) is 6.96. The summed E-state index contributed by atoms with van der Waals surface area (Å²) in [4.78, 5) is 12.3. The van der Waals surface area contributed by atoms with Crippen molar-refractivity contribution in [2.45, 2.75) is 65.7 Å². The molecule has 2 N–H and O–H groups in total. The maximum absolute atomic E-state index is 12.3. The second-order valence-corrected chi connectivity index (χ2v) is 6.96. The van der Waals surface area contributed by atoms with Crippen LogP contribution in [0.2, 0.25) is 0 Å². The third kappa shape index (κ3) is 5.55. The molecule has 0 bridgehead atoms. The van der Waals surface area contributed by atoms with Gasteiger partial charge in [-0.1, -0.05) is 50.5 Å². The van der Waals surface area contributed by atoms with Gasteiger partial charge in [-0.05, 0) is 44.7 Å². The average molecular weight is 354 g/mol. The van der Waals surface area contributed by atoms with Crippen LogP contribution < -0.4 is 5.43 Å². The molecular weight excluding hydrogens is 324 g/mol. The number of aromatic amines is 1. The van der Waals surface area contributed by atoms with Gasteiger partial charge in [-0.15, -0.1) is 0 Å². The van der Waals surface area contributed by atoms with E-state index >= 15 is 0 Å². The van der Waals surface area contributed by atoms with Gasteiger partial charge in [0, 0.05) is 11.3 Å². The van der Waals surface area contributed by atoms with Gasteiger partial charge in [0.05, 0.1) is 17.8 Å². The van der Waals surface area contributed by atoms with Gasteiger partial charge >= 0.3 is 0 Å². The van der Waals surface area contributed by atoms with E-state index in [0.717, 1.165) is 29.0 Å². The van der Waals surface area contributed by atoms with Crippen LogP contribution in [0.3, 0.4) is 0 Å². The highest BCUT2D eigenvalue weighted by Gasteiger charge is 2.20. The number of aryl methyl sites for hydroxylation is 1. The Morgan fingerprint density at radius 2 is 1.92 bits per heavy atom. The molecule has 0 spiro atoms. The summed E-state index contributed by atoms with van der Waals surface area (Å²) in [6.07, 6.45) is 7.92. The predicted octanol–water partition coefficient (Wildman–Crippen LogP) is 4.82. The first-order valence-electron chi connectivity index (χ1n) is 9.46. The molecule has 2 rings (SSSR count). The molecule has 5 heteroatoms. The van der Waals surface area contributed by atoms with E-state index in [2.05, 4.69) is 51.9 Å². The van der Waals surface area contributed by atoms with Crippen molar-refractivity contribution in [2.75, 3.05) is 0 Å². The topological polar surface area (TPSA) is 70.1 Å². The van der Waals surface area contributed by atoms with Crippen LogP contribution >= 0.6 is 0 Å². The molecule has 1 unspecified atom stereocenters. The maximum Gasteiger partial charge on any atom is 0.247 e. The zero-order chi connectivity index (χ0) is 18.9. The number of hydrogen-bond acceptors (Lipinski definition) is 3. The lowest BCUT2D eigenvalue weighted by Crippen LogP contribution is -2.24. The molecule has 5 nitrogen and oxygen atoms in total. The van der Waals surface area contributed by atoms with Crippen LogP contribution in [-0.4, -0.2) is 21.8 Å². The Kier molecular flexibility index (Phi) is 7.57. The van der Waals surface area contributed by atoms with E-state index in [-0.39, 0.29) is 11.8 Å². The highest BCUT2D eigenvalue weighted by Crippen LogP contribution is 2.28. The fraction of sp³-hybridized carbons (Fsp3) is 0.476. The number of rotatable bonds is 9. The number of hydrazone groups is 1. The van der Waals surface area contributed by atoms with Crippen molar-refractivity contribution in [3.63, 3.8) is 0 Å². The number of unbranched alkanes of at least 4 members (excludes halogenated alkanes) is 3. The minimum Gasteiger partial charge on any atom is -0.278 e. The van der Waals surface area contributed by atoms with E-state index in [1.807, 2.05) is 20.8 Å². The monoisotopic (exact) mass is 354 g/mol. The van der Waals surface area contributed by atoms with Crippen LogP contribution in [0.15, 0.2) is 35.6 Å². The summed E-state index contributed by atoms with van der Waals surface area (Å²) in [5.74, 6) is -0.470. The van der Waals surface area contributed by atoms with Gasteiger partial charge in [0.25, 0.3) is 0 Å². The molecule has 1 atom stereocenters. The van der Waals surface area contributed by atoms with Gasteiger partial charge in [0.1, 0.15) is 0 Å². The molecule has 0 saturated carbocycles. The van der Waals surface area contributed by atoms with Gasteiger partial charge in [0.2, 0.25) is 5.91 Å². The number of aromatic nitrogens is 2. The zero-order valence-corrected chi connectivity index (χ0v) is 16.3. The minimum absolute atomic E-state index is 0.138. The highest BCUT2D eigenvalue weighted by atomic mass is 16.2. The first-order valence-corrected chi connectivity index (χ1v) is 9.46. The average Bonchev–Trinajstić information content (AvgIpc) is 3.12. The van der Waals surface area contributed by atoms with Crippen molar-refractivity contribution >= 4 is 11.6 Å². The molecule has 0 aliphatic carbocycles. The molecule has 1 heterocycles. The summed E-state index contributed by atoms with van der Waals surface area (Å²) in [7, 11) is 0. The number of carbonyl (C=O) groups is 1. The fourth-order valence-corrected chi connectivity index (χ4v) is 2.85. The maximum atomic E-state index is 12.3. The van der Waals surface area contributed by atoms with Crippen LogP contribution in [0.1, 0.15) is 70.4 Å². The van der Waals surface area contributed by atoms with Crippen LogP contribution in [0.4, 0.5) is 0 Å². The Bertz CT molecular complexity index is 727. The Morgan fingerprint density at radius 1 is 1.19 bits per heavy atom. The number of H-pyrrole nitrogens is 1. The van der Waals surface area contributed by atoms with Crippen LogP contribution in [0, 0.1) is 0 Å². The van der Waals surface area contributed by atoms with Gasteiger partial charge in [-0.2, -0.15) is 10.2 Å². The molecule has 1 aromatic carbocycles. The number of nitrogens with zero attached hydrogens (tertiary/aromatic N) is 2. The van der Waals surface area contributed by atoms with E-state index in [0.29, 0.717) is 0 Å². The zero-order valence-electron chi connectivity index (χ0n) is 16.3. The Balaban J connectivity index is 2.07. The normalized spacial score (nSPS) is 11.8. The van der Waals surface area contributed by atoms with Crippen molar-refractivity contribution in [2.24, 2.45) is 5.10 Å². The van der Waals surface area contributed by atoms with Crippen molar-refractivity contribution in [1.82, 2.24) is 15.6 Å². The molecule has 0 saturated heterocycles. The SMILES string of the molecule is CCCCCCc1ccc(-c2[nH]ncc2C(C)C(=O)NN=C(C)C)cc1. The van der Waals surface area contributed by atoms with Crippen molar-refractivity contribution in [3.8, 4) is 11.3 Å². The van der Waals surface area contributed by atoms with E-state index in [1.165, 1.54) is 31.2 Å². The molecule has 0 aliphatic rings. The second kappa shape index (κ2) is 9.90. The van der Waals surface area contributed by atoms with E-state index < -0.39 is 0 Å². The number of benzene rings is 1. The lowest BCUT2D eigenvalue weighted by molar-refractivity contribution is -0.122. The summed E-state index contributed by atoms with van der Waals surface area (Å²) >= 11 is 0. The van der Waals surface area contributed by atoms with Crippen molar-refractivity contribution < 1.29 is 4.79 Å². The lowest BCUT2D eigenvalue weighted by atomic mass is 9.96. The molecule has 1 aromatic heterocycles. The Labute approximate surface area is 156 Å². The van der Waals surface area contributed by atoms with E-state index in [9.17, 15) is 4.79 Å². The third-order valence-electron chi connectivity index (χ3n) is 4.48. The lowest BCUT2D eigenvalue weighted by Gasteiger charge is -2.11. The molecule has 2 aromatic rings. The molecule has 0 fully saturated rings. The van der Waals surface area contributed by atoms with E-state index in [1.54, 1.807) is 6.20 Å². The highest BCUT2D eigenvalue weighted by molar-refractivity contribution is 5.87. The van der Waals surface area contributed by atoms with Crippen LogP contribution in [0.5, 0.6) is 0 Å². The summed E-state index contributed by atoms with van der Waals surface area (Å²) < 4.78 is 0. The summed E-state index contributed by atoms with van der Waals surface area (Å²) in [5, 5.41) is 11.2. The number of amides is 1. The first kappa shape index (κ1) is 19.9. The molecular formula is C21H30N4O. The summed E-state index contributed by atoms with van der Waals surface area (Å²) in [6.45, 7) is 7.79. The van der Waals surface area contributed by atoms with Gasteiger partial charge < -0.3 is 0 Å². The Hall–Kier alpha value is -2.43. The smallest absolute Gasteiger partial charge is 0.247 e. The fourth-order valence-electron chi connectivity index (χ4n) is 2.85. The van der Waals surface area contributed by atoms with Gasteiger partial charge in [-0.3, -0.25) is 9.89 Å². The van der Waals surface area contributed by atoms with Gasteiger partial charge in [0.15, 0.2) is 0 Å². The standard InChI is InChI=1S/C21H30N4O/c1-5-6-7-8-9-17-10-12-18(13-11-17)20-19(14-22-24-20)16(4)21(26)25-23-15(2)3/h10-14,16H,5-9H2,1-4H3,(H,22,24)(H,25,26). The quantitative estimate of drug-likeness (QED) is 0.385. The van der Waals surface area contributed by atoms with Gasteiger partial charge in [-0.25, -0.2) is 5.43 Å². The molecule has 0 radical (unpaired) electrons. The van der Waals surface area contributed by atoms with Crippen LogP contribution in [-0.2, 0) is 11.2 Å². The van der Waals surface area contributed by atoms with E-state index in [4.69, 9.17) is 0 Å².